The van der Waals surface area contributed by atoms with Crippen LogP contribution in [-0.4, -0.2) is 29.9 Å². The number of hydrogen-bond acceptors (Lipinski definition) is 5. The van der Waals surface area contributed by atoms with Crippen molar-refractivity contribution in [2.75, 3.05) is 15.8 Å². The first-order valence-electron chi connectivity index (χ1n) is 9.98. The number of aromatic nitrogens is 2. The Morgan fingerprint density at radius 1 is 1.06 bits per heavy atom. The van der Waals surface area contributed by atoms with Gasteiger partial charge in [0.25, 0.3) is 5.91 Å². The minimum Gasteiger partial charge on any atom is -0.463 e. The lowest BCUT2D eigenvalue weighted by Crippen LogP contribution is -2.18. The number of carbonyl (C=O) groups excluding carboxylic acids is 1. The molecule has 2 N–H and O–H groups in total. The summed E-state index contributed by atoms with van der Waals surface area (Å²) >= 11 is 0. The van der Waals surface area contributed by atoms with Gasteiger partial charge < -0.3 is 9.73 Å². The minimum atomic E-state index is -3.39. The first-order valence-corrected chi connectivity index (χ1v) is 11.6. The summed E-state index contributed by atoms with van der Waals surface area (Å²) in [7, 11) is -3.39. The monoisotopic (exact) mass is 450 g/mol. The number of para-hydroxylation sites is 1. The predicted molar refractivity (Wildman–Crippen MR) is 123 cm³/mol. The number of nitrogens with zero attached hydrogens (tertiary/aromatic N) is 2. The molecule has 0 fully saturated rings. The van der Waals surface area contributed by atoms with Crippen LogP contribution >= 0.6 is 0 Å². The van der Waals surface area contributed by atoms with Crippen LogP contribution in [-0.2, 0) is 10.0 Å². The molecule has 0 saturated carbocycles. The summed E-state index contributed by atoms with van der Waals surface area (Å²) in [6.07, 6.45) is 1.55. The number of rotatable bonds is 7. The van der Waals surface area contributed by atoms with Crippen molar-refractivity contribution in [2.24, 2.45) is 0 Å². The van der Waals surface area contributed by atoms with E-state index in [1.807, 2.05) is 30.3 Å². The molecule has 2 aromatic heterocycles. The number of carbonyl (C=O) groups is 1. The van der Waals surface area contributed by atoms with Crippen LogP contribution in [0.3, 0.4) is 0 Å². The summed E-state index contributed by atoms with van der Waals surface area (Å²) in [6, 6.07) is 19.5. The zero-order valence-corrected chi connectivity index (χ0v) is 18.4. The molecule has 2 heterocycles. The van der Waals surface area contributed by atoms with E-state index in [1.165, 1.54) is 0 Å². The fraction of sp³-hybridized carbons (Fsp3) is 0.130. The van der Waals surface area contributed by atoms with Crippen molar-refractivity contribution in [1.82, 2.24) is 9.78 Å². The molecular formula is C23H22N4O4S. The van der Waals surface area contributed by atoms with Crippen molar-refractivity contribution in [3.05, 3.63) is 84.3 Å². The third kappa shape index (κ3) is 4.57. The first kappa shape index (κ1) is 21.4. The van der Waals surface area contributed by atoms with E-state index < -0.39 is 10.0 Å². The lowest BCUT2D eigenvalue weighted by Gasteiger charge is -2.12. The fourth-order valence-electron chi connectivity index (χ4n) is 3.14. The molecular weight excluding hydrogens is 428 g/mol. The van der Waals surface area contributed by atoms with E-state index in [0.717, 1.165) is 5.69 Å². The van der Waals surface area contributed by atoms with Gasteiger partial charge in [0.2, 0.25) is 10.0 Å². The second-order valence-corrected chi connectivity index (χ2v) is 9.14. The van der Waals surface area contributed by atoms with Gasteiger partial charge in [-0.2, -0.15) is 5.10 Å². The lowest BCUT2D eigenvalue weighted by atomic mass is 10.2. The normalized spacial score (nSPS) is 11.3. The highest BCUT2D eigenvalue weighted by Crippen LogP contribution is 2.25. The Balaban J connectivity index is 1.64. The smallest absolute Gasteiger partial charge is 0.274 e. The third-order valence-corrected chi connectivity index (χ3v) is 6.14. The number of furan rings is 1. The van der Waals surface area contributed by atoms with Crippen LogP contribution in [0.1, 0.15) is 23.0 Å². The molecule has 32 heavy (non-hydrogen) atoms. The van der Waals surface area contributed by atoms with Gasteiger partial charge in [0.1, 0.15) is 11.4 Å². The van der Waals surface area contributed by atoms with Gasteiger partial charge in [-0.05, 0) is 61.9 Å². The highest BCUT2D eigenvalue weighted by Gasteiger charge is 2.19. The summed E-state index contributed by atoms with van der Waals surface area (Å²) in [5.74, 6) is 0.171. The molecule has 0 saturated heterocycles. The maximum atomic E-state index is 13.1. The van der Waals surface area contributed by atoms with Crippen molar-refractivity contribution < 1.29 is 17.6 Å². The summed E-state index contributed by atoms with van der Waals surface area (Å²) in [6.45, 7) is 3.34. The predicted octanol–water partition coefficient (Wildman–Crippen LogP) is 4.45. The summed E-state index contributed by atoms with van der Waals surface area (Å²) < 4.78 is 33.2. The van der Waals surface area contributed by atoms with Crippen LogP contribution in [0.15, 0.2) is 77.4 Å². The quantitative estimate of drug-likeness (QED) is 0.433. The molecule has 0 aliphatic rings. The van der Waals surface area contributed by atoms with E-state index in [4.69, 9.17) is 4.42 Å². The van der Waals surface area contributed by atoms with Crippen molar-refractivity contribution >= 4 is 27.3 Å². The van der Waals surface area contributed by atoms with Crippen LogP contribution in [0.4, 0.5) is 11.4 Å². The molecule has 0 atom stereocenters. The Labute approximate surface area is 185 Å². The van der Waals surface area contributed by atoms with Gasteiger partial charge in [-0.25, -0.2) is 13.1 Å². The SMILES string of the molecule is CCS(=O)(=O)Nc1ccc(NC(=O)c2cc(-c3ccco3)nn2-c2ccccc2)cc1C. The van der Waals surface area contributed by atoms with E-state index in [2.05, 4.69) is 15.1 Å². The highest BCUT2D eigenvalue weighted by molar-refractivity contribution is 7.92. The molecule has 0 spiro atoms. The number of hydrogen-bond donors (Lipinski definition) is 2. The molecule has 0 unspecified atom stereocenters. The van der Waals surface area contributed by atoms with Crippen LogP contribution in [0.2, 0.25) is 0 Å². The fourth-order valence-corrected chi connectivity index (χ4v) is 3.85. The summed E-state index contributed by atoms with van der Waals surface area (Å²) in [5, 5.41) is 7.42. The Morgan fingerprint density at radius 2 is 1.84 bits per heavy atom. The zero-order valence-electron chi connectivity index (χ0n) is 17.6. The average molecular weight is 451 g/mol. The molecule has 0 radical (unpaired) electrons. The minimum absolute atomic E-state index is 0.0214. The number of sulfonamides is 1. The highest BCUT2D eigenvalue weighted by atomic mass is 32.2. The molecule has 164 valence electrons. The molecule has 8 nitrogen and oxygen atoms in total. The molecule has 2 aromatic carbocycles. The van der Waals surface area contributed by atoms with Crippen molar-refractivity contribution in [3.63, 3.8) is 0 Å². The molecule has 4 aromatic rings. The van der Waals surface area contributed by atoms with E-state index in [9.17, 15) is 13.2 Å². The van der Waals surface area contributed by atoms with Crippen molar-refractivity contribution in [1.29, 1.82) is 0 Å². The molecule has 0 aliphatic carbocycles. The second kappa shape index (κ2) is 8.72. The van der Waals surface area contributed by atoms with E-state index in [-0.39, 0.29) is 11.7 Å². The van der Waals surface area contributed by atoms with Gasteiger partial charge in [-0.15, -0.1) is 0 Å². The van der Waals surface area contributed by atoms with E-state index in [1.54, 1.807) is 61.2 Å². The standard InChI is InChI=1S/C23H22N4O4S/c1-3-32(29,30)26-19-12-11-17(14-16(19)2)24-23(28)21-15-20(22-10-7-13-31-22)25-27(21)18-8-5-4-6-9-18/h4-15,26H,3H2,1-2H3,(H,24,28). The average Bonchev–Trinajstić information content (AvgIpc) is 3.46. The van der Waals surface area contributed by atoms with Crippen LogP contribution in [0.5, 0.6) is 0 Å². The summed E-state index contributed by atoms with van der Waals surface area (Å²) in [4.78, 5) is 13.1. The number of benzene rings is 2. The molecule has 0 aliphatic heterocycles. The molecule has 0 bridgehead atoms. The maximum Gasteiger partial charge on any atom is 0.274 e. The van der Waals surface area contributed by atoms with Crippen LogP contribution in [0, 0.1) is 6.92 Å². The van der Waals surface area contributed by atoms with E-state index >= 15 is 0 Å². The van der Waals surface area contributed by atoms with Gasteiger partial charge in [-0.3, -0.25) is 9.52 Å². The molecule has 1 amide bonds. The Bertz CT molecular complexity index is 1340. The second-order valence-electron chi connectivity index (χ2n) is 7.13. The Hall–Kier alpha value is -3.85. The number of anilines is 2. The van der Waals surface area contributed by atoms with Gasteiger partial charge >= 0.3 is 0 Å². The Morgan fingerprint density at radius 3 is 2.50 bits per heavy atom. The van der Waals surface area contributed by atoms with E-state index in [0.29, 0.717) is 34.1 Å². The van der Waals surface area contributed by atoms with Gasteiger partial charge in [0, 0.05) is 11.8 Å². The Kier molecular flexibility index (Phi) is 5.83. The number of amides is 1. The van der Waals surface area contributed by atoms with Crippen molar-refractivity contribution in [3.8, 4) is 17.1 Å². The number of aryl methyl sites for hydroxylation is 1. The van der Waals surface area contributed by atoms with Crippen molar-refractivity contribution in [2.45, 2.75) is 13.8 Å². The molecule has 9 heteroatoms. The summed E-state index contributed by atoms with van der Waals surface area (Å²) in [5.41, 5.74) is 3.29. The maximum absolute atomic E-state index is 13.1. The van der Waals surface area contributed by atoms with Crippen LogP contribution < -0.4 is 10.0 Å². The zero-order chi connectivity index (χ0) is 22.7. The topological polar surface area (TPSA) is 106 Å². The van der Waals surface area contributed by atoms with Gasteiger partial charge in [0.15, 0.2) is 5.76 Å². The van der Waals surface area contributed by atoms with Gasteiger partial charge in [0.05, 0.1) is 23.4 Å². The largest absolute Gasteiger partial charge is 0.463 e. The first-order chi connectivity index (χ1) is 15.4. The van der Waals surface area contributed by atoms with Gasteiger partial charge in [-0.1, -0.05) is 18.2 Å². The molecule has 4 rings (SSSR count). The van der Waals surface area contributed by atoms with Crippen LogP contribution in [0.25, 0.3) is 17.1 Å². The number of nitrogens with one attached hydrogen (secondary N) is 2. The third-order valence-electron chi connectivity index (χ3n) is 4.85. The lowest BCUT2D eigenvalue weighted by molar-refractivity contribution is 0.101.